The first-order valence-corrected chi connectivity index (χ1v) is 8.85. The third kappa shape index (κ3) is 5.37. The van der Waals surface area contributed by atoms with E-state index in [4.69, 9.17) is 26.2 Å². The quantitative estimate of drug-likeness (QED) is 0.735. The van der Waals surface area contributed by atoms with Crippen molar-refractivity contribution >= 4 is 23.5 Å². The average Bonchev–Trinajstić information content (AvgIpc) is 2.66. The van der Waals surface area contributed by atoms with E-state index >= 15 is 0 Å². The molecule has 2 aromatic rings. The lowest BCUT2D eigenvalue weighted by Gasteiger charge is -2.26. The maximum atomic E-state index is 12.9. The van der Waals surface area contributed by atoms with Gasteiger partial charge in [-0.1, -0.05) is 23.7 Å². The number of carboxylic acid groups (broad SMARTS) is 1. The minimum atomic E-state index is -1.09. The molecule has 0 spiro atoms. The largest absolute Gasteiger partial charge is 0.490 e. The second kappa shape index (κ2) is 9.28. The fraction of sp³-hybridized carbons (Fsp3) is 0.300. The van der Waals surface area contributed by atoms with Gasteiger partial charge in [0.15, 0.2) is 18.1 Å². The van der Waals surface area contributed by atoms with Crippen LogP contribution in [0.2, 0.25) is 5.02 Å². The zero-order chi connectivity index (χ0) is 20.0. The van der Waals surface area contributed by atoms with Crippen molar-refractivity contribution in [3.8, 4) is 11.5 Å². The molecule has 0 saturated heterocycles. The van der Waals surface area contributed by atoms with Gasteiger partial charge in [0, 0.05) is 17.6 Å². The number of aliphatic carboxylic acids is 1. The molecule has 1 N–H and O–H groups in total. The van der Waals surface area contributed by atoms with E-state index in [0.29, 0.717) is 22.9 Å². The molecule has 1 unspecified atom stereocenters. The van der Waals surface area contributed by atoms with Crippen molar-refractivity contribution in [1.82, 2.24) is 4.90 Å². The number of nitrogens with zero attached hydrogens (tertiary/aromatic N) is 1. The van der Waals surface area contributed by atoms with Crippen LogP contribution in [0.3, 0.4) is 0 Å². The number of hydrogen-bond donors (Lipinski definition) is 1. The normalized spacial score (nSPS) is 11.6. The van der Waals surface area contributed by atoms with Gasteiger partial charge >= 0.3 is 5.97 Å². The van der Waals surface area contributed by atoms with Crippen molar-refractivity contribution in [3.63, 3.8) is 0 Å². The van der Waals surface area contributed by atoms with Crippen molar-refractivity contribution < 1.29 is 24.2 Å². The third-order valence-corrected chi connectivity index (χ3v) is 4.35. The van der Waals surface area contributed by atoms with Crippen LogP contribution in [-0.4, -0.2) is 42.1 Å². The van der Waals surface area contributed by atoms with Crippen LogP contribution in [0.1, 0.15) is 35.8 Å². The van der Waals surface area contributed by atoms with Gasteiger partial charge in [-0.05, 0) is 49.7 Å². The molecule has 0 bridgehead atoms. The Morgan fingerprint density at radius 3 is 2.37 bits per heavy atom. The molecular weight excluding hydrogens is 370 g/mol. The Morgan fingerprint density at radius 1 is 1.11 bits per heavy atom. The van der Waals surface area contributed by atoms with Crippen molar-refractivity contribution in [2.45, 2.75) is 19.9 Å². The zero-order valence-electron chi connectivity index (χ0n) is 15.4. The van der Waals surface area contributed by atoms with E-state index in [2.05, 4.69) is 0 Å². The Labute approximate surface area is 163 Å². The highest BCUT2D eigenvalue weighted by Gasteiger charge is 2.20. The molecule has 0 aliphatic rings. The number of carboxylic acids is 1. The Hall–Kier alpha value is -2.73. The molecule has 27 heavy (non-hydrogen) atoms. The lowest BCUT2D eigenvalue weighted by molar-refractivity contribution is -0.139. The topological polar surface area (TPSA) is 76.1 Å². The molecule has 0 heterocycles. The van der Waals surface area contributed by atoms with E-state index in [1.165, 1.54) is 0 Å². The number of ether oxygens (including phenoxy) is 2. The van der Waals surface area contributed by atoms with E-state index in [0.717, 1.165) is 5.56 Å². The summed E-state index contributed by atoms with van der Waals surface area (Å²) in [4.78, 5) is 25.2. The number of carbonyl (C=O) groups excluding carboxylic acids is 1. The first-order valence-electron chi connectivity index (χ1n) is 8.47. The predicted molar refractivity (Wildman–Crippen MR) is 103 cm³/mol. The molecule has 6 nitrogen and oxygen atoms in total. The van der Waals surface area contributed by atoms with E-state index in [9.17, 15) is 9.59 Å². The summed E-state index contributed by atoms with van der Waals surface area (Å²) >= 11 is 5.92. The van der Waals surface area contributed by atoms with E-state index in [1.54, 1.807) is 49.2 Å². The van der Waals surface area contributed by atoms with Crippen molar-refractivity contribution in [2.24, 2.45) is 0 Å². The first kappa shape index (κ1) is 20.6. The Bertz CT molecular complexity index is 807. The summed E-state index contributed by atoms with van der Waals surface area (Å²) in [5.74, 6) is -0.668. The standard InChI is InChI=1S/C20H22ClNO5/c1-4-26-18-11-15(7-10-17(18)27-12-19(23)24)20(25)22(3)13(2)14-5-8-16(21)9-6-14/h5-11,13H,4,12H2,1-3H3,(H,23,24). The van der Waals surface area contributed by atoms with Crippen LogP contribution in [0, 0.1) is 0 Å². The maximum Gasteiger partial charge on any atom is 0.341 e. The number of rotatable bonds is 8. The SMILES string of the molecule is CCOc1cc(C(=O)N(C)C(C)c2ccc(Cl)cc2)ccc1OCC(=O)O. The molecule has 2 aromatic carbocycles. The second-order valence-electron chi connectivity index (χ2n) is 5.92. The van der Waals surface area contributed by atoms with Gasteiger partial charge in [-0.15, -0.1) is 0 Å². The third-order valence-electron chi connectivity index (χ3n) is 4.10. The van der Waals surface area contributed by atoms with Crippen LogP contribution < -0.4 is 9.47 Å². The van der Waals surface area contributed by atoms with E-state index in [-0.39, 0.29) is 17.7 Å². The molecule has 0 fully saturated rings. The van der Waals surface area contributed by atoms with Gasteiger partial charge in [0.1, 0.15) is 0 Å². The summed E-state index contributed by atoms with van der Waals surface area (Å²) in [5.41, 5.74) is 1.38. The first-order chi connectivity index (χ1) is 12.8. The number of hydrogen-bond acceptors (Lipinski definition) is 4. The van der Waals surface area contributed by atoms with Crippen LogP contribution in [0.25, 0.3) is 0 Å². The number of amides is 1. The fourth-order valence-corrected chi connectivity index (χ4v) is 2.64. The van der Waals surface area contributed by atoms with Gasteiger partial charge in [-0.3, -0.25) is 4.79 Å². The van der Waals surface area contributed by atoms with E-state index < -0.39 is 12.6 Å². The minimum absolute atomic E-state index is 0.159. The van der Waals surface area contributed by atoms with Gasteiger partial charge in [0.05, 0.1) is 12.6 Å². The van der Waals surface area contributed by atoms with Gasteiger partial charge in [-0.25, -0.2) is 4.79 Å². The average molecular weight is 392 g/mol. The molecular formula is C20H22ClNO5. The summed E-state index contributed by atoms with van der Waals surface area (Å²) in [6.45, 7) is 3.60. The lowest BCUT2D eigenvalue weighted by Crippen LogP contribution is -2.29. The summed E-state index contributed by atoms with van der Waals surface area (Å²) in [5, 5.41) is 9.40. The minimum Gasteiger partial charge on any atom is -0.490 e. The van der Waals surface area contributed by atoms with Gasteiger partial charge < -0.3 is 19.5 Å². The van der Waals surface area contributed by atoms with Crippen molar-refractivity contribution in [2.75, 3.05) is 20.3 Å². The molecule has 0 aliphatic heterocycles. The van der Waals surface area contributed by atoms with Crippen LogP contribution in [0.4, 0.5) is 0 Å². The van der Waals surface area contributed by atoms with Gasteiger partial charge in [-0.2, -0.15) is 0 Å². The predicted octanol–water partition coefficient (Wildman–Crippen LogP) is 4.04. The summed E-state index contributed by atoms with van der Waals surface area (Å²) in [6.07, 6.45) is 0. The Balaban J connectivity index is 2.22. The molecule has 7 heteroatoms. The fourth-order valence-electron chi connectivity index (χ4n) is 2.51. The Morgan fingerprint density at radius 2 is 1.78 bits per heavy atom. The monoisotopic (exact) mass is 391 g/mol. The molecule has 0 aromatic heterocycles. The molecule has 0 radical (unpaired) electrons. The highest BCUT2D eigenvalue weighted by Crippen LogP contribution is 2.30. The van der Waals surface area contributed by atoms with Crippen molar-refractivity contribution in [3.05, 3.63) is 58.6 Å². The molecule has 0 aliphatic carbocycles. The summed E-state index contributed by atoms with van der Waals surface area (Å²) in [6, 6.07) is 11.9. The lowest BCUT2D eigenvalue weighted by atomic mass is 10.1. The number of carbonyl (C=O) groups is 2. The molecule has 0 saturated carbocycles. The van der Waals surface area contributed by atoms with Crippen molar-refractivity contribution in [1.29, 1.82) is 0 Å². The number of halogens is 1. The van der Waals surface area contributed by atoms with Crippen LogP contribution in [0.15, 0.2) is 42.5 Å². The van der Waals surface area contributed by atoms with E-state index in [1.807, 2.05) is 19.1 Å². The molecule has 1 atom stereocenters. The van der Waals surface area contributed by atoms with Crippen LogP contribution in [0.5, 0.6) is 11.5 Å². The summed E-state index contributed by atoms with van der Waals surface area (Å²) in [7, 11) is 1.72. The maximum absolute atomic E-state index is 12.9. The molecule has 2 rings (SSSR count). The highest BCUT2D eigenvalue weighted by molar-refractivity contribution is 6.30. The second-order valence-corrected chi connectivity index (χ2v) is 6.36. The summed E-state index contributed by atoms with van der Waals surface area (Å²) < 4.78 is 10.7. The zero-order valence-corrected chi connectivity index (χ0v) is 16.2. The van der Waals surface area contributed by atoms with Gasteiger partial charge in [0.25, 0.3) is 5.91 Å². The highest BCUT2D eigenvalue weighted by atomic mass is 35.5. The van der Waals surface area contributed by atoms with Crippen LogP contribution >= 0.6 is 11.6 Å². The smallest absolute Gasteiger partial charge is 0.341 e. The number of benzene rings is 2. The van der Waals surface area contributed by atoms with Crippen LogP contribution in [-0.2, 0) is 4.79 Å². The van der Waals surface area contributed by atoms with Gasteiger partial charge in [0.2, 0.25) is 0 Å². The Kier molecular flexibility index (Phi) is 7.07. The molecule has 1 amide bonds. The molecule has 144 valence electrons.